The van der Waals surface area contributed by atoms with Crippen molar-refractivity contribution in [1.82, 2.24) is 4.57 Å². The number of terminal acetylenes is 1. The molecular formula is C20H18N2O3S2. The van der Waals surface area contributed by atoms with Gasteiger partial charge in [-0.1, -0.05) is 17.3 Å². The highest BCUT2D eigenvalue weighted by Gasteiger charge is 2.13. The van der Waals surface area contributed by atoms with Gasteiger partial charge in [0.05, 0.1) is 31.0 Å². The Bertz CT molecular complexity index is 1090. The van der Waals surface area contributed by atoms with Gasteiger partial charge < -0.3 is 14.0 Å². The molecular weight excluding hydrogens is 380 g/mol. The maximum absolute atomic E-state index is 12.6. The Labute approximate surface area is 165 Å². The Kier molecular flexibility index (Phi) is 5.89. The first-order chi connectivity index (χ1) is 13.1. The Morgan fingerprint density at radius 3 is 2.48 bits per heavy atom. The summed E-state index contributed by atoms with van der Waals surface area (Å²) in [4.78, 5) is 18.6. The van der Waals surface area contributed by atoms with Gasteiger partial charge in [0.15, 0.2) is 16.3 Å². The summed E-state index contributed by atoms with van der Waals surface area (Å²) in [7, 11) is 3.16. The molecule has 0 unspecified atom stereocenters. The van der Waals surface area contributed by atoms with Gasteiger partial charge in [0.25, 0.3) is 5.91 Å². The molecule has 3 aromatic rings. The summed E-state index contributed by atoms with van der Waals surface area (Å²) in [5, 5.41) is 0. The van der Waals surface area contributed by atoms with Crippen molar-refractivity contribution < 1.29 is 14.3 Å². The van der Waals surface area contributed by atoms with Crippen LogP contribution in [0.1, 0.15) is 10.4 Å². The van der Waals surface area contributed by atoms with E-state index in [2.05, 4.69) is 10.9 Å². The number of aromatic nitrogens is 1. The minimum Gasteiger partial charge on any atom is -0.493 e. The Hall–Kier alpha value is -2.69. The topological polar surface area (TPSA) is 52.8 Å². The molecule has 1 aromatic heterocycles. The van der Waals surface area contributed by atoms with Gasteiger partial charge in [0.1, 0.15) is 0 Å². The largest absolute Gasteiger partial charge is 0.493 e. The zero-order valence-corrected chi connectivity index (χ0v) is 16.8. The fourth-order valence-corrected chi connectivity index (χ4v) is 4.06. The molecule has 1 heterocycles. The monoisotopic (exact) mass is 398 g/mol. The number of amides is 1. The van der Waals surface area contributed by atoms with Crippen LogP contribution in [0.2, 0.25) is 0 Å². The summed E-state index contributed by atoms with van der Waals surface area (Å²) in [6.07, 6.45) is 7.52. The lowest BCUT2D eigenvalue weighted by Crippen LogP contribution is -2.16. The van der Waals surface area contributed by atoms with Crippen LogP contribution in [0.15, 0.2) is 46.3 Å². The van der Waals surface area contributed by atoms with E-state index in [1.807, 2.05) is 35.1 Å². The van der Waals surface area contributed by atoms with E-state index in [0.717, 1.165) is 15.1 Å². The number of methoxy groups -OCH3 is 2. The van der Waals surface area contributed by atoms with Crippen molar-refractivity contribution in [2.45, 2.75) is 11.4 Å². The summed E-state index contributed by atoms with van der Waals surface area (Å²) in [5.74, 6) is 3.53. The van der Waals surface area contributed by atoms with Crippen molar-refractivity contribution in [2.24, 2.45) is 4.99 Å². The fraction of sp³-hybridized carbons (Fsp3) is 0.200. The Balaban J connectivity index is 2.14. The first-order valence-electron chi connectivity index (χ1n) is 8.03. The Morgan fingerprint density at radius 2 is 1.89 bits per heavy atom. The summed E-state index contributed by atoms with van der Waals surface area (Å²) < 4.78 is 13.5. The lowest BCUT2D eigenvalue weighted by atomic mass is 10.2. The molecule has 0 saturated carbocycles. The number of hydrogen-bond acceptors (Lipinski definition) is 5. The molecule has 0 aliphatic rings. The quantitative estimate of drug-likeness (QED) is 0.484. The number of thiazole rings is 1. The number of benzene rings is 2. The van der Waals surface area contributed by atoms with E-state index < -0.39 is 0 Å². The van der Waals surface area contributed by atoms with E-state index in [4.69, 9.17) is 15.9 Å². The number of ether oxygens (including phenoxy) is 2. The molecule has 3 rings (SSSR count). The number of carbonyl (C=O) groups is 1. The molecule has 0 fully saturated rings. The number of hydrogen-bond donors (Lipinski definition) is 0. The molecule has 0 aliphatic heterocycles. The van der Waals surface area contributed by atoms with Crippen molar-refractivity contribution in [1.29, 1.82) is 0 Å². The summed E-state index contributed by atoms with van der Waals surface area (Å²) in [5.41, 5.74) is 1.38. The third kappa shape index (κ3) is 3.87. The third-order valence-electron chi connectivity index (χ3n) is 3.97. The average molecular weight is 399 g/mol. The fourth-order valence-electron chi connectivity index (χ4n) is 2.61. The summed E-state index contributed by atoms with van der Waals surface area (Å²) >= 11 is 3.01. The van der Waals surface area contributed by atoms with Crippen LogP contribution in [0.25, 0.3) is 10.2 Å². The highest BCUT2D eigenvalue weighted by atomic mass is 32.2. The van der Waals surface area contributed by atoms with E-state index in [0.29, 0.717) is 28.4 Å². The van der Waals surface area contributed by atoms with Crippen molar-refractivity contribution in [2.75, 3.05) is 20.5 Å². The van der Waals surface area contributed by atoms with Crippen LogP contribution in [0.4, 0.5) is 0 Å². The second kappa shape index (κ2) is 8.33. The molecule has 1 amide bonds. The summed E-state index contributed by atoms with van der Waals surface area (Å²) in [6, 6.07) is 11.1. The van der Waals surface area contributed by atoms with Gasteiger partial charge in [-0.15, -0.1) is 18.2 Å². The maximum atomic E-state index is 12.6. The van der Waals surface area contributed by atoms with E-state index in [-0.39, 0.29) is 5.91 Å². The molecule has 0 atom stereocenters. The normalized spacial score (nSPS) is 11.4. The highest BCUT2D eigenvalue weighted by Crippen LogP contribution is 2.33. The maximum Gasteiger partial charge on any atom is 0.279 e. The van der Waals surface area contributed by atoms with Gasteiger partial charge in [0.2, 0.25) is 0 Å². The third-order valence-corrected chi connectivity index (χ3v) is 5.76. The molecule has 0 radical (unpaired) electrons. The van der Waals surface area contributed by atoms with Crippen LogP contribution in [0, 0.1) is 12.3 Å². The number of fused-ring (bicyclic) bond motifs is 1. The van der Waals surface area contributed by atoms with Crippen LogP contribution < -0.4 is 14.3 Å². The smallest absolute Gasteiger partial charge is 0.279 e. The van der Waals surface area contributed by atoms with E-state index >= 15 is 0 Å². The van der Waals surface area contributed by atoms with Crippen LogP contribution >= 0.6 is 23.1 Å². The van der Waals surface area contributed by atoms with Gasteiger partial charge in [-0.3, -0.25) is 4.79 Å². The van der Waals surface area contributed by atoms with Crippen LogP contribution in [0.5, 0.6) is 11.5 Å². The van der Waals surface area contributed by atoms with Crippen LogP contribution in [0.3, 0.4) is 0 Å². The minimum absolute atomic E-state index is 0.299. The van der Waals surface area contributed by atoms with E-state index in [1.54, 1.807) is 38.1 Å². The highest BCUT2D eigenvalue weighted by molar-refractivity contribution is 7.98. The van der Waals surface area contributed by atoms with Crippen molar-refractivity contribution in [3.8, 4) is 23.8 Å². The van der Waals surface area contributed by atoms with Gasteiger partial charge in [-0.05, 0) is 30.5 Å². The molecule has 138 valence electrons. The Morgan fingerprint density at radius 1 is 1.22 bits per heavy atom. The lowest BCUT2D eigenvalue weighted by molar-refractivity contribution is 0.0998. The molecule has 7 heteroatoms. The van der Waals surface area contributed by atoms with Crippen molar-refractivity contribution >= 4 is 39.2 Å². The molecule has 0 bridgehead atoms. The van der Waals surface area contributed by atoms with Crippen LogP contribution in [-0.4, -0.2) is 30.9 Å². The number of rotatable bonds is 5. The van der Waals surface area contributed by atoms with E-state index in [9.17, 15) is 4.79 Å². The SMILES string of the molecule is C#CCn1c(=NC(=O)c2ccc(SC)cc2)sc2cc(OC)c(OC)cc21. The molecule has 0 aliphatic carbocycles. The molecule has 0 saturated heterocycles. The second-order valence-electron chi connectivity index (χ2n) is 5.50. The second-order valence-corrected chi connectivity index (χ2v) is 7.38. The first kappa shape index (κ1) is 19.1. The molecule has 2 aromatic carbocycles. The van der Waals surface area contributed by atoms with Crippen LogP contribution in [-0.2, 0) is 6.54 Å². The van der Waals surface area contributed by atoms with Crippen molar-refractivity contribution in [3.05, 3.63) is 46.8 Å². The lowest BCUT2D eigenvalue weighted by Gasteiger charge is -2.08. The zero-order chi connectivity index (χ0) is 19.4. The van der Waals surface area contributed by atoms with Crippen molar-refractivity contribution in [3.63, 3.8) is 0 Å². The van der Waals surface area contributed by atoms with E-state index in [1.165, 1.54) is 11.3 Å². The standard InChI is InChI=1S/C20H18N2O3S2/c1-5-10-22-15-11-16(24-2)17(25-3)12-18(15)27-20(22)21-19(23)13-6-8-14(26-4)9-7-13/h1,6-9,11-12H,10H2,2-4H3. The molecule has 27 heavy (non-hydrogen) atoms. The predicted molar refractivity (Wildman–Crippen MR) is 110 cm³/mol. The molecule has 5 nitrogen and oxygen atoms in total. The number of nitrogens with zero attached hydrogens (tertiary/aromatic N) is 2. The van der Waals surface area contributed by atoms with Gasteiger partial charge in [-0.2, -0.15) is 4.99 Å². The number of carbonyl (C=O) groups excluding carboxylic acids is 1. The molecule has 0 N–H and O–H groups in total. The van der Waals surface area contributed by atoms with Gasteiger partial charge in [0, 0.05) is 22.6 Å². The number of thioether (sulfide) groups is 1. The van der Waals surface area contributed by atoms with Gasteiger partial charge in [-0.25, -0.2) is 0 Å². The predicted octanol–water partition coefficient (Wildman–Crippen LogP) is 3.82. The minimum atomic E-state index is -0.307. The average Bonchev–Trinajstić information content (AvgIpc) is 3.03. The molecule has 0 spiro atoms. The summed E-state index contributed by atoms with van der Waals surface area (Å²) in [6.45, 7) is 0.299. The first-order valence-corrected chi connectivity index (χ1v) is 10.1. The van der Waals surface area contributed by atoms with Gasteiger partial charge >= 0.3 is 0 Å². The zero-order valence-electron chi connectivity index (χ0n) is 15.2.